The summed E-state index contributed by atoms with van der Waals surface area (Å²) >= 11 is 0. The van der Waals surface area contributed by atoms with Crippen LogP contribution in [0.1, 0.15) is 0 Å². The number of hydrogen-bond donors (Lipinski definition) is 0. The second-order valence-electron chi connectivity index (χ2n) is 13.3. The smallest absolute Gasteiger partial charge is 0.235 e. The fraction of sp³-hybridized carbons (Fsp3) is 0. The van der Waals surface area contributed by atoms with Crippen molar-refractivity contribution in [1.82, 2.24) is 18.9 Å². The zero-order valence-electron chi connectivity index (χ0n) is 26.8. The monoisotopic (exact) mass is 634 g/mol. The van der Waals surface area contributed by atoms with Gasteiger partial charge in [0, 0.05) is 48.7 Å². The predicted octanol–water partition coefficient (Wildman–Crippen LogP) is 11.9. The molecule has 4 heteroatoms. The summed E-state index contributed by atoms with van der Waals surface area (Å²) in [6.07, 6.45) is 0. The van der Waals surface area contributed by atoms with Gasteiger partial charge in [-0.3, -0.25) is 4.57 Å². The van der Waals surface area contributed by atoms with Crippen LogP contribution >= 0.6 is 0 Å². The number of nitrogens with zero attached hydrogens (tertiary/aromatic N) is 4. The number of hydrogen-bond acceptors (Lipinski definition) is 2. The molecule has 0 radical (unpaired) electrons. The average Bonchev–Trinajstić information content (AvgIpc) is 3.65. The van der Waals surface area contributed by atoms with Gasteiger partial charge in [-0.2, -0.15) is 0 Å². The molecule has 230 valence electrons. The van der Waals surface area contributed by atoms with Gasteiger partial charge in [-0.1, -0.05) is 127 Å². The van der Waals surface area contributed by atoms with Crippen molar-refractivity contribution in [1.29, 1.82) is 0 Å². The van der Waals surface area contributed by atoms with Crippen LogP contribution in [0.5, 0.6) is 0 Å². The molecule has 50 heavy (non-hydrogen) atoms. The fourth-order valence-electron chi connectivity index (χ4n) is 8.78. The molecule has 4 nitrogen and oxygen atoms in total. The van der Waals surface area contributed by atoms with Gasteiger partial charge in [0.1, 0.15) is 0 Å². The largest absolute Gasteiger partial charge is 0.308 e. The van der Waals surface area contributed by atoms with E-state index in [1.165, 1.54) is 59.6 Å². The molecule has 0 aliphatic rings. The van der Waals surface area contributed by atoms with E-state index in [1.54, 1.807) is 0 Å². The highest BCUT2D eigenvalue weighted by Crippen LogP contribution is 2.46. The Kier molecular flexibility index (Phi) is 4.94. The van der Waals surface area contributed by atoms with Crippen LogP contribution in [-0.2, 0) is 0 Å². The quantitative estimate of drug-likeness (QED) is 0.177. The van der Waals surface area contributed by atoms with E-state index in [0.29, 0.717) is 5.95 Å². The molecule has 0 unspecified atom stereocenters. The summed E-state index contributed by atoms with van der Waals surface area (Å²) in [6, 6.07) is 56.9. The molecule has 0 aliphatic carbocycles. The van der Waals surface area contributed by atoms with Crippen molar-refractivity contribution < 1.29 is 0 Å². The van der Waals surface area contributed by atoms with Gasteiger partial charge in [0.05, 0.1) is 38.8 Å². The number of para-hydroxylation sites is 2. The Bertz CT molecular complexity index is 3370. The van der Waals surface area contributed by atoms with Crippen molar-refractivity contribution >= 4 is 92.3 Å². The van der Waals surface area contributed by atoms with E-state index < -0.39 is 0 Å². The van der Waals surface area contributed by atoms with Crippen molar-refractivity contribution in [2.24, 2.45) is 0 Å². The van der Waals surface area contributed by atoms with Crippen molar-refractivity contribution in [3.05, 3.63) is 158 Å². The van der Waals surface area contributed by atoms with Gasteiger partial charge in [0.15, 0.2) is 0 Å². The lowest BCUT2D eigenvalue weighted by Crippen LogP contribution is -2.04. The molecular formula is C46H26N4. The average molecular weight is 635 g/mol. The number of benzene rings is 8. The normalized spacial score (nSPS) is 12.4. The molecule has 12 aromatic rings. The molecule has 12 rings (SSSR count). The van der Waals surface area contributed by atoms with Gasteiger partial charge in [0.25, 0.3) is 0 Å². The van der Waals surface area contributed by atoms with Crippen molar-refractivity contribution in [3.8, 4) is 17.2 Å². The minimum Gasteiger partial charge on any atom is -0.308 e. The van der Waals surface area contributed by atoms with Crippen LogP contribution in [0.3, 0.4) is 0 Å². The zero-order chi connectivity index (χ0) is 32.5. The molecule has 0 saturated heterocycles. The Labute approximate surface area is 285 Å². The Morgan fingerprint density at radius 1 is 0.380 bits per heavy atom. The third-order valence-electron chi connectivity index (χ3n) is 10.8. The summed E-state index contributed by atoms with van der Waals surface area (Å²) in [5.74, 6) is 0.669. The molecule has 0 bridgehead atoms. The highest BCUT2D eigenvalue weighted by atomic mass is 15.2. The van der Waals surface area contributed by atoms with Gasteiger partial charge in [0.2, 0.25) is 5.95 Å². The van der Waals surface area contributed by atoms with Crippen LogP contribution in [0.15, 0.2) is 158 Å². The Hall–Kier alpha value is -6.78. The van der Waals surface area contributed by atoms with Crippen molar-refractivity contribution in [2.75, 3.05) is 0 Å². The molecule has 8 aromatic carbocycles. The number of rotatable bonds is 2. The van der Waals surface area contributed by atoms with Crippen LogP contribution in [0, 0.1) is 0 Å². The van der Waals surface area contributed by atoms with Crippen LogP contribution in [0.25, 0.3) is 110 Å². The molecule has 0 aliphatic heterocycles. The first kappa shape index (κ1) is 26.2. The van der Waals surface area contributed by atoms with Crippen LogP contribution < -0.4 is 0 Å². The first-order valence-corrected chi connectivity index (χ1v) is 17.1. The Balaban J connectivity index is 1.37. The second-order valence-corrected chi connectivity index (χ2v) is 13.3. The zero-order valence-corrected chi connectivity index (χ0v) is 26.8. The first-order chi connectivity index (χ1) is 24.8. The minimum atomic E-state index is 0.669. The fourth-order valence-corrected chi connectivity index (χ4v) is 8.78. The highest BCUT2D eigenvalue weighted by molar-refractivity contribution is 6.36. The number of aromatic nitrogens is 4. The van der Waals surface area contributed by atoms with Gasteiger partial charge in [-0.05, 0) is 46.5 Å². The molecule has 0 N–H and O–H groups in total. The SMILES string of the molecule is c1ccc(-c2nc(-n3c4cc5ccccc5c5c6cccc7c8ccccc8n(c8cccc3c8c54)c76)nc3c2ccc2ccccc23)cc1. The Morgan fingerprint density at radius 3 is 1.96 bits per heavy atom. The van der Waals surface area contributed by atoms with E-state index in [2.05, 4.69) is 167 Å². The third-order valence-corrected chi connectivity index (χ3v) is 10.8. The van der Waals surface area contributed by atoms with E-state index in [0.717, 1.165) is 44.0 Å². The van der Waals surface area contributed by atoms with E-state index in [9.17, 15) is 0 Å². The summed E-state index contributed by atoms with van der Waals surface area (Å²) in [7, 11) is 0. The number of fused-ring (bicyclic) bond motifs is 10. The van der Waals surface area contributed by atoms with E-state index in [1.807, 2.05) is 0 Å². The summed E-state index contributed by atoms with van der Waals surface area (Å²) in [5.41, 5.74) is 8.78. The molecule has 0 fully saturated rings. The lowest BCUT2D eigenvalue weighted by molar-refractivity contribution is 1.02. The van der Waals surface area contributed by atoms with Crippen LogP contribution in [-0.4, -0.2) is 18.9 Å². The molecule has 0 atom stereocenters. The first-order valence-electron chi connectivity index (χ1n) is 17.1. The molecule has 0 amide bonds. The van der Waals surface area contributed by atoms with E-state index in [4.69, 9.17) is 9.97 Å². The Morgan fingerprint density at radius 2 is 1.06 bits per heavy atom. The van der Waals surface area contributed by atoms with Crippen LogP contribution in [0.2, 0.25) is 0 Å². The lowest BCUT2D eigenvalue weighted by Gasteiger charge is -2.14. The molecule has 4 aromatic heterocycles. The summed E-state index contributed by atoms with van der Waals surface area (Å²) in [6.45, 7) is 0. The summed E-state index contributed by atoms with van der Waals surface area (Å²) in [5, 5.41) is 13.2. The third kappa shape index (κ3) is 3.25. The van der Waals surface area contributed by atoms with Gasteiger partial charge >= 0.3 is 0 Å². The van der Waals surface area contributed by atoms with Crippen LogP contribution in [0.4, 0.5) is 0 Å². The maximum atomic E-state index is 5.48. The van der Waals surface area contributed by atoms with Crippen molar-refractivity contribution in [3.63, 3.8) is 0 Å². The predicted molar refractivity (Wildman–Crippen MR) is 209 cm³/mol. The van der Waals surface area contributed by atoms with E-state index >= 15 is 0 Å². The van der Waals surface area contributed by atoms with Crippen molar-refractivity contribution in [2.45, 2.75) is 0 Å². The molecule has 0 saturated carbocycles. The van der Waals surface area contributed by atoms with E-state index in [-0.39, 0.29) is 0 Å². The maximum absolute atomic E-state index is 5.48. The highest BCUT2D eigenvalue weighted by Gasteiger charge is 2.25. The summed E-state index contributed by atoms with van der Waals surface area (Å²) in [4.78, 5) is 11.0. The molecule has 0 spiro atoms. The topological polar surface area (TPSA) is 35.1 Å². The standard InChI is InChI=1S/C46H26N4/c1-2-13-28(14-3-1)43-35-25-24-27-12-4-7-17-31(27)44(35)48-46(47-43)50-38-23-11-22-37-41(38)42-39(50)26-29-15-5-6-16-30(29)40(42)34-20-10-19-33-32-18-8-9-21-36(32)49(37)45(33)34/h1-26H. The lowest BCUT2D eigenvalue weighted by atomic mass is 9.97. The second kappa shape index (κ2) is 9.43. The minimum absolute atomic E-state index is 0.669. The maximum Gasteiger partial charge on any atom is 0.235 e. The van der Waals surface area contributed by atoms with Gasteiger partial charge < -0.3 is 4.40 Å². The van der Waals surface area contributed by atoms with Gasteiger partial charge in [-0.15, -0.1) is 0 Å². The summed E-state index contributed by atoms with van der Waals surface area (Å²) < 4.78 is 4.81. The molecular weight excluding hydrogens is 609 g/mol. The van der Waals surface area contributed by atoms with Gasteiger partial charge in [-0.25, -0.2) is 9.97 Å². The molecule has 4 heterocycles.